The number of alkyl carbamates (subject to hydrolysis) is 1. The first-order chi connectivity index (χ1) is 19.4. The van der Waals surface area contributed by atoms with Crippen molar-refractivity contribution < 1.29 is 24.2 Å². The fraction of sp³-hybridized carbons (Fsp3) is 0.424. The Bertz CT molecular complexity index is 1370. The van der Waals surface area contributed by atoms with Crippen molar-refractivity contribution >= 4 is 34.4 Å². The van der Waals surface area contributed by atoms with Gasteiger partial charge in [0.2, 0.25) is 5.91 Å². The quantitative estimate of drug-likeness (QED) is 0.253. The summed E-state index contributed by atoms with van der Waals surface area (Å²) in [6.07, 6.45) is 0.434. The van der Waals surface area contributed by atoms with E-state index in [1.54, 1.807) is 39.0 Å². The largest absolute Gasteiger partial charge is 0.508 e. The summed E-state index contributed by atoms with van der Waals surface area (Å²) < 4.78 is 5.47. The third-order valence-electron chi connectivity index (χ3n) is 7.25. The van der Waals surface area contributed by atoms with Crippen molar-refractivity contribution in [2.45, 2.75) is 85.0 Å². The van der Waals surface area contributed by atoms with Crippen molar-refractivity contribution in [3.63, 3.8) is 0 Å². The topological polar surface area (TPSA) is 108 Å². The lowest BCUT2D eigenvalue weighted by Gasteiger charge is -2.39. The predicted octanol–water partition coefficient (Wildman–Crippen LogP) is 6.79. The molecule has 0 fully saturated rings. The lowest BCUT2D eigenvalue weighted by atomic mass is 9.94. The second-order valence-electron chi connectivity index (χ2n) is 11.5. The van der Waals surface area contributed by atoms with E-state index in [-0.39, 0.29) is 11.7 Å². The van der Waals surface area contributed by atoms with Gasteiger partial charge in [0, 0.05) is 17.3 Å². The molecule has 0 spiro atoms. The lowest BCUT2D eigenvalue weighted by molar-refractivity contribution is -0.144. The molecule has 3 N–H and O–H groups in total. The molecule has 8 heteroatoms. The van der Waals surface area contributed by atoms with E-state index in [0.717, 1.165) is 10.8 Å². The second-order valence-corrected chi connectivity index (χ2v) is 11.5. The summed E-state index contributed by atoms with van der Waals surface area (Å²) in [5.41, 5.74) is 0.109. The molecular weight excluding hydrogens is 518 g/mol. The number of hydrogen-bond acceptors (Lipinski definition) is 5. The number of para-hydroxylation sites is 1. The number of phenolic OH excluding ortho intramolecular Hbond substituents is 1. The molecule has 4 unspecified atom stereocenters. The number of benzene rings is 3. The maximum absolute atomic E-state index is 14.4. The van der Waals surface area contributed by atoms with E-state index in [4.69, 9.17) is 4.74 Å². The molecule has 0 heterocycles. The van der Waals surface area contributed by atoms with E-state index in [1.165, 1.54) is 11.0 Å². The number of carbonyl (C=O) groups excluding carboxylic acids is 3. The van der Waals surface area contributed by atoms with Crippen LogP contribution in [0.1, 0.15) is 72.9 Å². The summed E-state index contributed by atoms with van der Waals surface area (Å²) in [5, 5.41) is 18.6. The van der Waals surface area contributed by atoms with Crippen LogP contribution in [-0.2, 0) is 14.3 Å². The first-order valence-electron chi connectivity index (χ1n) is 14.3. The molecular formula is C33H43N3O5. The molecule has 4 atom stereocenters. The zero-order chi connectivity index (χ0) is 30.3. The van der Waals surface area contributed by atoms with Crippen LogP contribution in [0.4, 0.5) is 10.5 Å². The molecule has 0 aliphatic heterocycles. The number of aromatic hydroxyl groups is 1. The Kier molecular flexibility index (Phi) is 10.4. The van der Waals surface area contributed by atoms with E-state index >= 15 is 0 Å². The van der Waals surface area contributed by atoms with Crippen molar-refractivity contribution in [1.29, 1.82) is 0 Å². The minimum absolute atomic E-state index is 0.104. The third kappa shape index (κ3) is 7.99. The Morgan fingerprint density at radius 1 is 0.902 bits per heavy atom. The lowest BCUT2D eigenvalue weighted by Crippen LogP contribution is -2.56. The van der Waals surface area contributed by atoms with Crippen LogP contribution in [0.5, 0.6) is 5.75 Å². The number of rotatable bonds is 10. The Morgan fingerprint density at radius 2 is 1.54 bits per heavy atom. The molecule has 0 aliphatic carbocycles. The number of nitrogens with one attached hydrogen (secondary N) is 2. The average Bonchev–Trinajstić information content (AvgIpc) is 2.93. The molecule has 220 valence electrons. The Morgan fingerprint density at radius 3 is 2.15 bits per heavy atom. The van der Waals surface area contributed by atoms with E-state index in [1.807, 2.05) is 70.2 Å². The van der Waals surface area contributed by atoms with Gasteiger partial charge in [-0.15, -0.1) is 0 Å². The number of fused-ring (bicyclic) bond motifs is 1. The summed E-state index contributed by atoms with van der Waals surface area (Å²) in [6, 6.07) is 17.4. The van der Waals surface area contributed by atoms with Gasteiger partial charge in [0.25, 0.3) is 5.91 Å². The molecule has 3 amide bonds. The fourth-order valence-corrected chi connectivity index (χ4v) is 4.69. The molecule has 0 saturated heterocycles. The summed E-state index contributed by atoms with van der Waals surface area (Å²) >= 11 is 0. The summed E-state index contributed by atoms with van der Waals surface area (Å²) in [5.74, 6) is -1.26. The summed E-state index contributed by atoms with van der Waals surface area (Å²) in [6.45, 7) is 12.8. The van der Waals surface area contributed by atoms with Gasteiger partial charge in [-0.1, -0.05) is 75.7 Å². The van der Waals surface area contributed by atoms with E-state index in [9.17, 15) is 19.5 Å². The number of carbonyl (C=O) groups is 3. The zero-order valence-corrected chi connectivity index (χ0v) is 25.1. The molecule has 3 aromatic carbocycles. The van der Waals surface area contributed by atoms with Crippen LogP contribution in [0.25, 0.3) is 10.8 Å². The fourth-order valence-electron chi connectivity index (χ4n) is 4.69. The third-order valence-corrected chi connectivity index (χ3v) is 7.25. The van der Waals surface area contributed by atoms with Crippen molar-refractivity contribution in [3.05, 3.63) is 72.3 Å². The van der Waals surface area contributed by atoms with E-state index in [2.05, 4.69) is 10.6 Å². The second kappa shape index (κ2) is 13.5. The number of amides is 3. The molecule has 3 rings (SSSR count). The van der Waals surface area contributed by atoms with Gasteiger partial charge in [-0.3, -0.25) is 9.59 Å². The predicted molar refractivity (Wildman–Crippen MR) is 163 cm³/mol. The molecule has 0 aliphatic rings. The maximum Gasteiger partial charge on any atom is 0.408 e. The highest BCUT2D eigenvalue weighted by atomic mass is 16.6. The highest BCUT2D eigenvalue weighted by Crippen LogP contribution is 2.34. The van der Waals surface area contributed by atoms with Crippen molar-refractivity contribution in [3.8, 4) is 5.75 Å². The Labute approximate surface area is 243 Å². The molecule has 41 heavy (non-hydrogen) atoms. The number of nitrogens with zero attached hydrogens (tertiary/aromatic N) is 1. The number of hydrogen-bond donors (Lipinski definition) is 3. The first kappa shape index (κ1) is 31.5. The number of ether oxygens (including phenoxy) is 1. The van der Waals surface area contributed by atoms with Crippen molar-refractivity contribution in [2.75, 3.05) is 5.32 Å². The molecule has 8 nitrogen and oxygen atoms in total. The van der Waals surface area contributed by atoms with Crippen LogP contribution in [0.3, 0.4) is 0 Å². The van der Waals surface area contributed by atoms with Gasteiger partial charge in [0.15, 0.2) is 0 Å². The highest BCUT2D eigenvalue weighted by molar-refractivity contribution is 6.01. The van der Waals surface area contributed by atoms with E-state index in [0.29, 0.717) is 24.1 Å². The van der Waals surface area contributed by atoms with Gasteiger partial charge in [-0.25, -0.2) is 4.79 Å². The highest BCUT2D eigenvalue weighted by Gasteiger charge is 2.41. The normalized spacial score (nSPS) is 14.4. The zero-order valence-electron chi connectivity index (χ0n) is 25.1. The van der Waals surface area contributed by atoms with Crippen molar-refractivity contribution in [1.82, 2.24) is 10.2 Å². The van der Waals surface area contributed by atoms with Crippen LogP contribution >= 0.6 is 0 Å². The van der Waals surface area contributed by atoms with Gasteiger partial charge < -0.3 is 25.4 Å². The van der Waals surface area contributed by atoms with Crippen LogP contribution in [-0.4, -0.2) is 45.6 Å². The number of anilines is 1. The minimum atomic E-state index is -1.17. The van der Waals surface area contributed by atoms with Gasteiger partial charge in [-0.2, -0.15) is 0 Å². The average molecular weight is 562 g/mol. The van der Waals surface area contributed by atoms with Gasteiger partial charge >= 0.3 is 6.09 Å². The SMILES string of the molecule is CCC(C)C(NC(=O)OC(C)(C)C)C(=O)N(C(C)CC)C(C(=O)Nc1ccc2ccccc2c1)c1ccccc1O. The van der Waals surface area contributed by atoms with Crippen molar-refractivity contribution in [2.24, 2.45) is 5.92 Å². The molecule has 0 aromatic heterocycles. The van der Waals surface area contributed by atoms with E-state index < -0.39 is 41.6 Å². The standard InChI is InChI=1S/C33H43N3O5/c1-8-21(3)28(35-32(40)41-33(5,6)7)31(39)36(22(4)9-2)29(26-16-12-13-17-27(26)37)30(38)34-25-19-18-23-14-10-11-15-24(23)20-25/h10-22,28-29,37H,8-9H2,1-7H3,(H,34,38)(H,35,40). The molecule has 3 aromatic rings. The van der Waals surface area contributed by atoms with Crippen LogP contribution in [0, 0.1) is 5.92 Å². The van der Waals surface area contributed by atoms with Crippen LogP contribution in [0.15, 0.2) is 66.7 Å². The Hall–Kier alpha value is -4.07. The molecule has 0 radical (unpaired) electrons. The monoisotopic (exact) mass is 561 g/mol. The number of phenols is 1. The van der Waals surface area contributed by atoms with Gasteiger partial charge in [-0.05, 0) is 69.0 Å². The maximum atomic E-state index is 14.4. The van der Waals surface area contributed by atoms with Gasteiger partial charge in [0.05, 0.1) is 0 Å². The minimum Gasteiger partial charge on any atom is -0.508 e. The summed E-state index contributed by atoms with van der Waals surface area (Å²) in [7, 11) is 0. The smallest absolute Gasteiger partial charge is 0.408 e. The molecule has 0 bridgehead atoms. The summed E-state index contributed by atoms with van der Waals surface area (Å²) in [4.78, 5) is 42.8. The van der Waals surface area contributed by atoms with Crippen LogP contribution in [0.2, 0.25) is 0 Å². The van der Waals surface area contributed by atoms with Crippen LogP contribution < -0.4 is 10.6 Å². The first-order valence-corrected chi connectivity index (χ1v) is 14.3. The molecule has 0 saturated carbocycles. The Balaban J connectivity index is 2.07. The van der Waals surface area contributed by atoms with Gasteiger partial charge in [0.1, 0.15) is 23.4 Å².